The van der Waals surface area contributed by atoms with Crippen LogP contribution in [0.3, 0.4) is 0 Å². The van der Waals surface area contributed by atoms with Crippen LogP contribution in [0.5, 0.6) is 11.5 Å². The molecule has 0 bridgehead atoms. The zero-order valence-corrected chi connectivity index (χ0v) is 19.8. The molecule has 1 saturated heterocycles. The van der Waals surface area contributed by atoms with Crippen molar-refractivity contribution in [3.05, 3.63) is 53.8 Å². The topological polar surface area (TPSA) is 60.3 Å². The summed E-state index contributed by atoms with van der Waals surface area (Å²) in [5.74, 6) is 1.54. The largest absolute Gasteiger partial charge is 0.508 e. The second-order valence-electron chi connectivity index (χ2n) is 6.91. The number of aromatic hydroxyl groups is 1. The molecule has 164 valence electrons. The molecule has 1 aliphatic rings. The van der Waals surface area contributed by atoms with E-state index in [1.54, 1.807) is 19.2 Å². The van der Waals surface area contributed by atoms with Gasteiger partial charge in [-0.15, -0.1) is 24.0 Å². The average molecular weight is 528 g/mol. The summed E-state index contributed by atoms with van der Waals surface area (Å²) in [6, 6.07) is 12.2. The van der Waals surface area contributed by atoms with E-state index >= 15 is 0 Å². The van der Waals surface area contributed by atoms with Crippen molar-refractivity contribution in [1.29, 1.82) is 0 Å². The van der Waals surface area contributed by atoms with Crippen LogP contribution in [0.15, 0.2) is 47.5 Å². The molecule has 0 amide bonds. The van der Waals surface area contributed by atoms with Gasteiger partial charge in [0.15, 0.2) is 5.96 Å². The van der Waals surface area contributed by atoms with Crippen LogP contribution in [0.2, 0.25) is 0 Å². The number of halogens is 2. The highest BCUT2D eigenvalue weighted by atomic mass is 127. The van der Waals surface area contributed by atoms with Crippen LogP contribution in [0.4, 0.5) is 10.1 Å². The molecule has 1 fully saturated rings. The number of guanidine groups is 1. The van der Waals surface area contributed by atoms with E-state index in [4.69, 9.17) is 9.73 Å². The predicted octanol–water partition coefficient (Wildman–Crippen LogP) is 3.49. The number of piperazine rings is 1. The average Bonchev–Trinajstić information content (AvgIpc) is 2.74. The fourth-order valence-electron chi connectivity index (χ4n) is 3.46. The molecule has 30 heavy (non-hydrogen) atoms. The monoisotopic (exact) mass is 528 g/mol. The minimum Gasteiger partial charge on any atom is -0.508 e. The molecule has 1 heterocycles. The van der Waals surface area contributed by atoms with Gasteiger partial charge >= 0.3 is 0 Å². The van der Waals surface area contributed by atoms with Crippen LogP contribution in [-0.2, 0) is 6.42 Å². The number of hydrogen-bond acceptors (Lipinski definition) is 4. The molecule has 1 aliphatic heterocycles. The Labute approximate surface area is 194 Å². The molecule has 8 heteroatoms. The molecule has 0 unspecified atom stereocenters. The number of phenols is 1. The first-order chi connectivity index (χ1) is 14.1. The Balaban J connectivity index is 0.00000320. The first-order valence-electron chi connectivity index (χ1n) is 10.0. The first-order valence-corrected chi connectivity index (χ1v) is 10.0. The SMILES string of the molecule is CCNC(=NCCc1ccc(OC)cc1O)N1CCN(c2ccccc2F)CC1.I. The van der Waals surface area contributed by atoms with Gasteiger partial charge in [-0.1, -0.05) is 18.2 Å². The Morgan fingerprint density at radius 1 is 1.17 bits per heavy atom. The summed E-state index contributed by atoms with van der Waals surface area (Å²) in [4.78, 5) is 9.01. The summed E-state index contributed by atoms with van der Waals surface area (Å²) in [7, 11) is 1.58. The highest BCUT2D eigenvalue weighted by Crippen LogP contribution is 2.24. The van der Waals surface area contributed by atoms with Gasteiger partial charge in [0.1, 0.15) is 17.3 Å². The molecule has 0 radical (unpaired) electrons. The van der Waals surface area contributed by atoms with E-state index in [-0.39, 0.29) is 35.5 Å². The summed E-state index contributed by atoms with van der Waals surface area (Å²) in [5.41, 5.74) is 1.50. The molecule has 0 atom stereocenters. The van der Waals surface area contributed by atoms with Gasteiger partial charge in [0.05, 0.1) is 12.8 Å². The van der Waals surface area contributed by atoms with Crippen LogP contribution < -0.4 is 15.0 Å². The third-order valence-corrected chi connectivity index (χ3v) is 5.04. The third-order valence-electron chi connectivity index (χ3n) is 5.04. The lowest BCUT2D eigenvalue weighted by Crippen LogP contribution is -2.52. The Morgan fingerprint density at radius 3 is 2.53 bits per heavy atom. The van der Waals surface area contributed by atoms with Crippen LogP contribution >= 0.6 is 24.0 Å². The highest BCUT2D eigenvalue weighted by molar-refractivity contribution is 14.0. The smallest absolute Gasteiger partial charge is 0.194 e. The van der Waals surface area contributed by atoms with Crippen molar-refractivity contribution in [1.82, 2.24) is 10.2 Å². The van der Waals surface area contributed by atoms with Crippen molar-refractivity contribution < 1.29 is 14.2 Å². The van der Waals surface area contributed by atoms with Crippen LogP contribution in [-0.4, -0.2) is 62.3 Å². The summed E-state index contributed by atoms with van der Waals surface area (Å²) in [5, 5.41) is 13.4. The third kappa shape index (κ3) is 6.13. The van der Waals surface area contributed by atoms with Gasteiger partial charge in [-0.2, -0.15) is 0 Å². The molecule has 6 nitrogen and oxygen atoms in total. The van der Waals surface area contributed by atoms with E-state index in [2.05, 4.69) is 15.1 Å². The lowest BCUT2D eigenvalue weighted by molar-refractivity contribution is 0.371. The van der Waals surface area contributed by atoms with Crippen molar-refractivity contribution in [3.8, 4) is 11.5 Å². The predicted molar refractivity (Wildman–Crippen MR) is 130 cm³/mol. The Kier molecular flexibility index (Phi) is 9.48. The van der Waals surface area contributed by atoms with Gasteiger partial charge in [-0.05, 0) is 37.1 Å². The second-order valence-corrected chi connectivity index (χ2v) is 6.91. The first kappa shape index (κ1) is 24.0. The molecule has 2 N–H and O–H groups in total. The minimum absolute atomic E-state index is 0. The van der Waals surface area contributed by atoms with Crippen molar-refractivity contribution in [2.75, 3.05) is 51.3 Å². The summed E-state index contributed by atoms with van der Waals surface area (Å²) >= 11 is 0. The van der Waals surface area contributed by atoms with Gasteiger partial charge in [-0.25, -0.2) is 4.39 Å². The van der Waals surface area contributed by atoms with Gasteiger partial charge < -0.3 is 25.0 Å². The number of nitrogens with one attached hydrogen (secondary N) is 1. The lowest BCUT2D eigenvalue weighted by Gasteiger charge is -2.37. The van der Waals surface area contributed by atoms with E-state index in [0.29, 0.717) is 24.4 Å². The number of benzene rings is 2. The molecule has 0 aromatic heterocycles. The van der Waals surface area contributed by atoms with Gasteiger partial charge in [-0.3, -0.25) is 4.99 Å². The fraction of sp³-hybridized carbons (Fsp3) is 0.409. The molecule has 0 spiro atoms. The van der Waals surface area contributed by atoms with Gasteiger partial charge in [0, 0.05) is 45.3 Å². The molecular formula is C22H30FIN4O2. The molecule has 0 saturated carbocycles. The Bertz CT molecular complexity index is 842. The molecular weight excluding hydrogens is 498 g/mol. The van der Waals surface area contributed by atoms with Crippen LogP contribution in [0.25, 0.3) is 0 Å². The number of rotatable bonds is 6. The lowest BCUT2D eigenvalue weighted by atomic mass is 10.1. The summed E-state index contributed by atoms with van der Waals surface area (Å²) < 4.78 is 19.2. The summed E-state index contributed by atoms with van der Waals surface area (Å²) in [6.45, 7) is 6.41. The second kappa shape index (κ2) is 11.8. The molecule has 2 aromatic rings. The zero-order valence-electron chi connectivity index (χ0n) is 17.5. The van der Waals surface area contributed by atoms with Crippen molar-refractivity contribution in [2.24, 2.45) is 4.99 Å². The number of nitrogens with zero attached hydrogens (tertiary/aromatic N) is 3. The normalized spacial score (nSPS) is 14.3. The molecule has 0 aliphatic carbocycles. The maximum Gasteiger partial charge on any atom is 0.194 e. The van der Waals surface area contributed by atoms with Crippen molar-refractivity contribution >= 4 is 35.6 Å². The number of methoxy groups -OCH3 is 1. The Hall–Kier alpha value is -2.23. The van der Waals surface area contributed by atoms with Gasteiger partial charge in [0.25, 0.3) is 0 Å². The highest BCUT2D eigenvalue weighted by Gasteiger charge is 2.21. The maximum absolute atomic E-state index is 14.0. The fourth-order valence-corrected chi connectivity index (χ4v) is 3.46. The van der Waals surface area contributed by atoms with E-state index in [0.717, 1.165) is 44.2 Å². The number of ether oxygens (including phenoxy) is 1. The van der Waals surface area contributed by atoms with E-state index in [9.17, 15) is 9.50 Å². The number of phenolic OH excluding ortho intramolecular Hbond substituents is 1. The molecule has 2 aromatic carbocycles. The van der Waals surface area contributed by atoms with E-state index in [1.807, 2.05) is 31.2 Å². The maximum atomic E-state index is 14.0. The van der Waals surface area contributed by atoms with Crippen LogP contribution in [0, 0.1) is 5.82 Å². The number of para-hydroxylation sites is 1. The number of anilines is 1. The minimum atomic E-state index is -0.180. The standard InChI is InChI=1S/C22H29FN4O2.HI/c1-3-24-22(25-11-10-17-8-9-18(29-2)16-21(17)28)27-14-12-26(13-15-27)20-7-5-4-6-19(20)23;/h4-9,16,28H,3,10-15H2,1-2H3,(H,24,25);1H. The summed E-state index contributed by atoms with van der Waals surface area (Å²) in [6.07, 6.45) is 0.639. The van der Waals surface area contributed by atoms with Crippen molar-refractivity contribution in [3.63, 3.8) is 0 Å². The van der Waals surface area contributed by atoms with Crippen LogP contribution in [0.1, 0.15) is 12.5 Å². The number of aliphatic imine (C=N–C) groups is 1. The number of hydrogen-bond donors (Lipinski definition) is 2. The quantitative estimate of drug-likeness (QED) is 0.342. The van der Waals surface area contributed by atoms with E-state index in [1.165, 1.54) is 6.07 Å². The van der Waals surface area contributed by atoms with E-state index < -0.39 is 0 Å². The van der Waals surface area contributed by atoms with Crippen molar-refractivity contribution in [2.45, 2.75) is 13.3 Å². The zero-order chi connectivity index (χ0) is 20.6. The Morgan fingerprint density at radius 2 is 1.90 bits per heavy atom. The molecule has 3 rings (SSSR count). The van der Waals surface area contributed by atoms with Gasteiger partial charge in [0.2, 0.25) is 0 Å².